The molecule has 0 atom stereocenters. The van der Waals surface area contributed by atoms with Crippen LogP contribution in [0.3, 0.4) is 0 Å². The van der Waals surface area contributed by atoms with Gasteiger partial charge in [0, 0.05) is 57.2 Å². The van der Waals surface area contributed by atoms with Gasteiger partial charge >= 0.3 is 0 Å². The maximum Gasteiger partial charge on any atom is 0.239 e. The van der Waals surface area contributed by atoms with Gasteiger partial charge in [-0.15, -0.1) is 0 Å². The second kappa shape index (κ2) is 8.81. The standard InChI is InChI=1S/C15H27N7OS/c1-5-12-19-15(24-20-12)22-8-6-21(7-9-22)14(16-4)17-10-13(23)18-11(2)3/h11H,5-10H2,1-4H3,(H,16,17)(H,18,23). The van der Waals surface area contributed by atoms with E-state index in [2.05, 4.69) is 41.7 Å². The number of anilines is 1. The van der Waals surface area contributed by atoms with Gasteiger partial charge in [-0.2, -0.15) is 4.37 Å². The van der Waals surface area contributed by atoms with Crippen LogP contribution < -0.4 is 15.5 Å². The minimum absolute atomic E-state index is 0.0225. The summed E-state index contributed by atoms with van der Waals surface area (Å²) in [5.41, 5.74) is 0. The fraction of sp³-hybridized carbons (Fsp3) is 0.733. The molecule has 1 fully saturated rings. The highest BCUT2D eigenvalue weighted by atomic mass is 32.1. The fourth-order valence-electron chi connectivity index (χ4n) is 2.49. The van der Waals surface area contributed by atoms with Gasteiger partial charge in [-0.25, -0.2) is 4.98 Å². The highest BCUT2D eigenvalue weighted by molar-refractivity contribution is 7.09. The van der Waals surface area contributed by atoms with Gasteiger partial charge in [-0.3, -0.25) is 9.79 Å². The zero-order chi connectivity index (χ0) is 17.5. The molecule has 8 nitrogen and oxygen atoms in total. The summed E-state index contributed by atoms with van der Waals surface area (Å²) in [6.45, 7) is 9.62. The fourth-order valence-corrected chi connectivity index (χ4v) is 3.29. The zero-order valence-electron chi connectivity index (χ0n) is 14.9. The summed E-state index contributed by atoms with van der Waals surface area (Å²) >= 11 is 1.46. The van der Waals surface area contributed by atoms with Gasteiger partial charge in [0.25, 0.3) is 0 Å². The monoisotopic (exact) mass is 353 g/mol. The van der Waals surface area contributed by atoms with Crippen molar-refractivity contribution in [3.05, 3.63) is 5.82 Å². The van der Waals surface area contributed by atoms with Crippen LogP contribution in [0.1, 0.15) is 26.6 Å². The number of amides is 1. The number of nitrogens with zero attached hydrogens (tertiary/aromatic N) is 5. The molecule has 0 saturated carbocycles. The van der Waals surface area contributed by atoms with Crippen molar-refractivity contribution in [1.29, 1.82) is 0 Å². The van der Waals surface area contributed by atoms with E-state index in [9.17, 15) is 4.79 Å². The Morgan fingerprint density at radius 2 is 2.04 bits per heavy atom. The number of guanidine groups is 1. The van der Waals surface area contributed by atoms with Crippen LogP contribution in [0.25, 0.3) is 0 Å². The van der Waals surface area contributed by atoms with Crippen LogP contribution in [-0.4, -0.2) is 71.9 Å². The number of nitrogens with one attached hydrogen (secondary N) is 2. The highest BCUT2D eigenvalue weighted by Crippen LogP contribution is 2.19. The first-order valence-electron chi connectivity index (χ1n) is 8.36. The second-order valence-electron chi connectivity index (χ2n) is 5.94. The Bertz CT molecular complexity index is 564. The van der Waals surface area contributed by atoms with Gasteiger partial charge in [0.15, 0.2) is 5.96 Å². The summed E-state index contributed by atoms with van der Waals surface area (Å²) in [4.78, 5) is 25.0. The number of piperazine rings is 1. The van der Waals surface area contributed by atoms with Crippen molar-refractivity contribution in [3.8, 4) is 0 Å². The lowest BCUT2D eigenvalue weighted by Gasteiger charge is -2.36. The summed E-state index contributed by atoms with van der Waals surface area (Å²) in [7, 11) is 1.74. The summed E-state index contributed by atoms with van der Waals surface area (Å²) in [6.07, 6.45) is 0.867. The van der Waals surface area contributed by atoms with Crippen LogP contribution in [0.5, 0.6) is 0 Å². The molecule has 2 N–H and O–H groups in total. The van der Waals surface area contributed by atoms with Gasteiger partial charge in [0.05, 0.1) is 6.54 Å². The van der Waals surface area contributed by atoms with Crippen molar-refractivity contribution in [1.82, 2.24) is 24.9 Å². The van der Waals surface area contributed by atoms with E-state index in [1.807, 2.05) is 13.8 Å². The van der Waals surface area contributed by atoms with Gasteiger partial charge in [-0.1, -0.05) is 6.92 Å². The lowest BCUT2D eigenvalue weighted by molar-refractivity contribution is -0.120. The van der Waals surface area contributed by atoms with E-state index in [0.29, 0.717) is 0 Å². The minimum atomic E-state index is -0.0225. The van der Waals surface area contributed by atoms with Crippen molar-refractivity contribution in [2.24, 2.45) is 4.99 Å². The molecule has 0 radical (unpaired) electrons. The number of rotatable bonds is 5. The number of aromatic nitrogens is 2. The van der Waals surface area contributed by atoms with E-state index in [1.165, 1.54) is 11.5 Å². The Hall–Kier alpha value is -1.90. The summed E-state index contributed by atoms with van der Waals surface area (Å²) in [5, 5.41) is 6.99. The average molecular weight is 353 g/mol. The Morgan fingerprint density at radius 3 is 2.58 bits per heavy atom. The van der Waals surface area contributed by atoms with Crippen LogP contribution in [0.2, 0.25) is 0 Å². The maximum absolute atomic E-state index is 11.8. The second-order valence-corrected chi connectivity index (χ2v) is 6.67. The van der Waals surface area contributed by atoms with Crippen molar-refractivity contribution in [2.75, 3.05) is 44.7 Å². The molecule has 0 unspecified atom stereocenters. The lowest BCUT2D eigenvalue weighted by Crippen LogP contribution is -2.54. The molecule has 1 aromatic rings. The average Bonchev–Trinajstić information content (AvgIpc) is 3.04. The van der Waals surface area contributed by atoms with Gasteiger partial charge in [0.2, 0.25) is 11.0 Å². The van der Waals surface area contributed by atoms with E-state index in [0.717, 1.165) is 49.5 Å². The van der Waals surface area contributed by atoms with Crippen molar-refractivity contribution in [3.63, 3.8) is 0 Å². The number of carbonyl (C=O) groups is 1. The van der Waals surface area contributed by atoms with Crippen LogP contribution in [-0.2, 0) is 11.2 Å². The number of carbonyl (C=O) groups excluding carboxylic acids is 1. The van der Waals surface area contributed by atoms with Crippen molar-refractivity contribution in [2.45, 2.75) is 33.2 Å². The molecule has 0 bridgehead atoms. The molecule has 1 amide bonds. The molecule has 0 aliphatic carbocycles. The SMILES string of the molecule is CCc1nsc(N2CCN(C(=NC)NCC(=O)NC(C)C)CC2)n1. The van der Waals surface area contributed by atoms with Gasteiger partial charge in [-0.05, 0) is 13.8 Å². The third kappa shape index (κ3) is 5.05. The predicted octanol–water partition coefficient (Wildman–Crippen LogP) is 0.323. The highest BCUT2D eigenvalue weighted by Gasteiger charge is 2.22. The number of aliphatic imine (C=N–C) groups is 1. The largest absolute Gasteiger partial charge is 0.352 e. The van der Waals surface area contributed by atoms with Crippen molar-refractivity contribution < 1.29 is 4.79 Å². The Morgan fingerprint density at radius 1 is 1.33 bits per heavy atom. The maximum atomic E-state index is 11.8. The molecule has 0 aromatic carbocycles. The molecule has 9 heteroatoms. The lowest BCUT2D eigenvalue weighted by atomic mass is 10.3. The molecule has 2 rings (SSSR count). The molecule has 134 valence electrons. The number of aryl methyl sites for hydroxylation is 1. The molecule has 2 heterocycles. The van der Waals surface area contributed by atoms with E-state index in [1.54, 1.807) is 7.05 Å². The molecular weight excluding hydrogens is 326 g/mol. The van der Waals surface area contributed by atoms with E-state index < -0.39 is 0 Å². The third-order valence-corrected chi connectivity index (χ3v) is 4.51. The molecular formula is C15H27N7OS. The van der Waals surface area contributed by atoms with Crippen LogP contribution in [0, 0.1) is 0 Å². The van der Waals surface area contributed by atoms with E-state index in [-0.39, 0.29) is 18.5 Å². The first-order valence-corrected chi connectivity index (χ1v) is 9.13. The molecule has 1 aliphatic heterocycles. The van der Waals surface area contributed by atoms with Crippen LogP contribution in [0.4, 0.5) is 5.13 Å². The molecule has 1 aromatic heterocycles. The first kappa shape index (κ1) is 18.4. The molecule has 1 saturated heterocycles. The molecule has 0 spiro atoms. The van der Waals surface area contributed by atoms with Crippen LogP contribution in [0.15, 0.2) is 4.99 Å². The number of hydrogen-bond donors (Lipinski definition) is 2. The summed E-state index contributed by atoms with van der Waals surface area (Å²) < 4.78 is 4.35. The Labute approximate surface area is 147 Å². The molecule has 24 heavy (non-hydrogen) atoms. The Kier molecular flexibility index (Phi) is 6.77. The third-order valence-electron chi connectivity index (χ3n) is 3.69. The van der Waals surface area contributed by atoms with E-state index >= 15 is 0 Å². The molecule has 1 aliphatic rings. The summed E-state index contributed by atoms with van der Waals surface area (Å²) in [6, 6.07) is 0.143. The minimum Gasteiger partial charge on any atom is -0.352 e. The van der Waals surface area contributed by atoms with Crippen molar-refractivity contribution >= 4 is 28.5 Å². The Balaban J connectivity index is 1.82. The number of hydrogen-bond acceptors (Lipinski definition) is 6. The van der Waals surface area contributed by atoms with Gasteiger partial charge < -0.3 is 20.4 Å². The first-order chi connectivity index (χ1) is 11.5. The zero-order valence-corrected chi connectivity index (χ0v) is 15.7. The quantitative estimate of drug-likeness (QED) is 0.586. The summed E-state index contributed by atoms with van der Waals surface area (Å²) in [5.74, 6) is 1.65. The predicted molar refractivity (Wildman–Crippen MR) is 97.7 cm³/mol. The normalized spacial score (nSPS) is 15.8. The van der Waals surface area contributed by atoms with Crippen LogP contribution >= 0.6 is 11.5 Å². The topological polar surface area (TPSA) is 85.8 Å². The van der Waals surface area contributed by atoms with E-state index in [4.69, 9.17) is 0 Å². The van der Waals surface area contributed by atoms with Gasteiger partial charge in [0.1, 0.15) is 5.82 Å². The smallest absolute Gasteiger partial charge is 0.239 e.